The molecule has 2 aromatic carbocycles. The Morgan fingerprint density at radius 2 is 1.96 bits per heavy atom. The van der Waals surface area contributed by atoms with E-state index in [1.807, 2.05) is 18.2 Å². The first-order chi connectivity index (χ1) is 11.5. The number of fused-ring (bicyclic) bond motifs is 1. The second-order valence-corrected chi connectivity index (χ2v) is 6.49. The number of thiocarbonyl (C=S) groups is 1. The van der Waals surface area contributed by atoms with Gasteiger partial charge in [-0.25, -0.2) is 0 Å². The Bertz CT molecular complexity index is 867. The molecule has 0 fully saturated rings. The molecular weight excluding hydrogens is 367 g/mol. The third kappa shape index (κ3) is 3.29. The lowest BCUT2D eigenvalue weighted by molar-refractivity contribution is -0.135. The molecule has 0 atom stereocenters. The first kappa shape index (κ1) is 16.9. The van der Waals surface area contributed by atoms with Gasteiger partial charge in [0.25, 0.3) is 0 Å². The smallest absolute Gasteiger partial charge is 0.323 e. The van der Waals surface area contributed by atoms with Gasteiger partial charge in [-0.3, -0.25) is 9.79 Å². The third-order valence-corrected chi connectivity index (χ3v) is 4.51. The fourth-order valence-electron chi connectivity index (χ4n) is 2.58. The monoisotopic (exact) mass is 378 g/mol. The van der Waals surface area contributed by atoms with Crippen molar-refractivity contribution in [2.24, 2.45) is 4.99 Å². The van der Waals surface area contributed by atoms with Gasteiger partial charge >= 0.3 is 5.97 Å². The minimum Gasteiger partial charge on any atom is -0.480 e. The molecule has 0 aromatic heterocycles. The fraction of sp³-hybridized carbons (Fsp3) is 0.118. The number of carboxylic acids is 1. The molecule has 1 heterocycles. The minimum absolute atomic E-state index is 0.204. The highest BCUT2D eigenvalue weighted by Crippen LogP contribution is 2.31. The van der Waals surface area contributed by atoms with Gasteiger partial charge in [0.15, 0.2) is 0 Å². The number of nitrogens with zero attached hydrogens (tertiary/aromatic N) is 2. The highest BCUT2D eigenvalue weighted by Gasteiger charge is 2.25. The third-order valence-electron chi connectivity index (χ3n) is 3.60. The molecule has 1 aliphatic heterocycles. The van der Waals surface area contributed by atoms with Crippen molar-refractivity contribution >= 4 is 57.8 Å². The molecule has 0 saturated heterocycles. The molecule has 0 bridgehead atoms. The predicted octanol–water partition coefficient (Wildman–Crippen LogP) is 4.06. The van der Waals surface area contributed by atoms with Crippen LogP contribution in [0.3, 0.4) is 0 Å². The Morgan fingerprint density at radius 3 is 2.67 bits per heavy atom. The molecule has 1 N–H and O–H groups in total. The summed E-state index contributed by atoms with van der Waals surface area (Å²) in [7, 11) is 0. The summed E-state index contributed by atoms with van der Waals surface area (Å²) in [6.45, 7) is -0.0335. The summed E-state index contributed by atoms with van der Waals surface area (Å²) in [5, 5.41) is 10.3. The van der Waals surface area contributed by atoms with Crippen LogP contribution in [0.2, 0.25) is 10.0 Å². The van der Waals surface area contributed by atoms with E-state index in [1.54, 1.807) is 29.2 Å². The molecule has 122 valence electrons. The number of hydrogen-bond donors (Lipinski definition) is 1. The number of benzene rings is 2. The van der Waals surface area contributed by atoms with Gasteiger partial charge < -0.3 is 10.0 Å². The zero-order valence-electron chi connectivity index (χ0n) is 12.4. The van der Waals surface area contributed by atoms with Crippen LogP contribution in [0.4, 0.5) is 5.69 Å². The average Bonchev–Trinajstić information content (AvgIpc) is 2.66. The Morgan fingerprint density at radius 1 is 1.21 bits per heavy atom. The van der Waals surface area contributed by atoms with E-state index in [2.05, 4.69) is 4.99 Å². The van der Waals surface area contributed by atoms with Crippen LogP contribution in [0.15, 0.2) is 47.5 Å². The van der Waals surface area contributed by atoms with Gasteiger partial charge in [-0.2, -0.15) is 0 Å². The van der Waals surface area contributed by atoms with Gasteiger partial charge in [-0.05, 0) is 24.3 Å². The highest BCUT2D eigenvalue weighted by atomic mass is 35.5. The van der Waals surface area contributed by atoms with Gasteiger partial charge in [0.05, 0.1) is 17.9 Å². The number of hydrogen-bond acceptors (Lipinski definition) is 3. The second-order valence-electron chi connectivity index (χ2n) is 5.18. The molecule has 1 aliphatic rings. The van der Waals surface area contributed by atoms with E-state index in [0.717, 1.165) is 5.56 Å². The van der Waals surface area contributed by atoms with Crippen molar-refractivity contribution in [1.29, 1.82) is 0 Å². The lowest BCUT2D eigenvalue weighted by Gasteiger charge is -2.23. The lowest BCUT2D eigenvalue weighted by Crippen LogP contribution is -2.35. The van der Waals surface area contributed by atoms with Crippen molar-refractivity contribution in [1.82, 2.24) is 0 Å². The van der Waals surface area contributed by atoms with Crippen LogP contribution < -0.4 is 4.90 Å². The molecule has 4 nitrogen and oxygen atoms in total. The number of aliphatic imine (C=N–C) groups is 1. The zero-order chi connectivity index (χ0) is 17.3. The first-order valence-corrected chi connectivity index (χ1v) is 8.25. The van der Waals surface area contributed by atoms with Crippen molar-refractivity contribution in [3.8, 4) is 0 Å². The number of anilines is 1. The summed E-state index contributed by atoms with van der Waals surface area (Å²) in [6.07, 6.45) is 0. The van der Waals surface area contributed by atoms with Crippen molar-refractivity contribution in [3.05, 3.63) is 63.6 Å². The molecule has 0 unspecified atom stereocenters. The van der Waals surface area contributed by atoms with Crippen LogP contribution in [0, 0.1) is 0 Å². The fourth-order valence-corrected chi connectivity index (χ4v) is 3.20. The van der Waals surface area contributed by atoms with Crippen LogP contribution in [0.1, 0.15) is 11.1 Å². The molecule has 24 heavy (non-hydrogen) atoms. The molecule has 0 aliphatic carbocycles. The summed E-state index contributed by atoms with van der Waals surface area (Å²) in [4.78, 5) is 17.8. The molecule has 2 aromatic rings. The second kappa shape index (κ2) is 6.89. The molecule has 0 amide bonds. The molecule has 0 radical (unpaired) electrons. The number of aliphatic carboxylic acids is 1. The highest BCUT2D eigenvalue weighted by molar-refractivity contribution is 7.80. The van der Waals surface area contributed by atoms with Gasteiger partial charge in [0, 0.05) is 21.2 Å². The van der Waals surface area contributed by atoms with Gasteiger partial charge in [0.2, 0.25) is 0 Å². The SMILES string of the molecule is O=C(O)CN1C(=S)CN=C(c2ccccc2Cl)c2cc(Cl)ccc21. The van der Waals surface area contributed by atoms with Gasteiger partial charge in [-0.1, -0.05) is 53.6 Å². The molecule has 0 saturated carbocycles. The van der Waals surface area contributed by atoms with E-state index in [4.69, 9.17) is 35.4 Å². The van der Waals surface area contributed by atoms with Gasteiger partial charge in [0.1, 0.15) is 11.5 Å². The maximum absolute atomic E-state index is 11.2. The van der Waals surface area contributed by atoms with E-state index in [9.17, 15) is 9.90 Å². The molecule has 0 spiro atoms. The topological polar surface area (TPSA) is 52.9 Å². The Balaban J connectivity index is 2.21. The molecule has 3 rings (SSSR count). The number of carboxylic acid groups (broad SMARTS) is 1. The standard InChI is InChI=1S/C17H12Cl2N2O2S/c18-10-5-6-14-12(7-10)17(11-3-1-2-4-13(11)19)20-8-15(24)21(14)9-16(22)23/h1-7H,8-9H2,(H,22,23). The van der Waals surface area contributed by atoms with Crippen molar-refractivity contribution in [3.63, 3.8) is 0 Å². The number of halogens is 2. The van der Waals surface area contributed by atoms with Gasteiger partial charge in [-0.15, -0.1) is 0 Å². The Kier molecular flexibility index (Phi) is 4.85. The van der Waals surface area contributed by atoms with E-state index < -0.39 is 5.97 Å². The number of rotatable bonds is 3. The summed E-state index contributed by atoms with van der Waals surface area (Å²) in [5.41, 5.74) is 2.76. The van der Waals surface area contributed by atoms with E-state index in [1.165, 1.54) is 0 Å². The maximum atomic E-state index is 11.2. The Hall–Kier alpha value is -1.95. The molecular formula is C17H12Cl2N2O2S. The quantitative estimate of drug-likeness (QED) is 0.818. The van der Waals surface area contributed by atoms with Crippen LogP contribution >= 0.6 is 35.4 Å². The lowest BCUT2D eigenvalue weighted by atomic mass is 10.00. The number of benzodiazepines with no additional fused rings is 1. The van der Waals surface area contributed by atoms with Crippen LogP contribution in [-0.2, 0) is 4.79 Å². The number of carbonyl (C=O) groups is 1. The summed E-state index contributed by atoms with van der Waals surface area (Å²) >= 11 is 17.8. The average molecular weight is 379 g/mol. The summed E-state index contributed by atoms with van der Waals surface area (Å²) in [5.74, 6) is -0.973. The van der Waals surface area contributed by atoms with Crippen molar-refractivity contribution in [2.45, 2.75) is 0 Å². The van der Waals surface area contributed by atoms with Crippen molar-refractivity contribution in [2.75, 3.05) is 18.0 Å². The van der Waals surface area contributed by atoms with Crippen LogP contribution in [-0.4, -0.2) is 34.9 Å². The Labute approximate surface area is 154 Å². The minimum atomic E-state index is -0.973. The largest absolute Gasteiger partial charge is 0.480 e. The van der Waals surface area contributed by atoms with Crippen LogP contribution in [0.25, 0.3) is 0 Å². The molecule has 7 heteroatoms. The zero-order valence-corrected chi connectivity index (χ0v) is 14.7. The van der Waals surface area contributed by atoms with E-state index in [0.29, 0.717) is 32.0 Å². The summed E-state index contributed by atoms with van der Waals surface area (Å²) < 4.78 is 0. The normalized spacial score (nSPS) is 14.0. The maximum Gasteiger partial charge on any atom is 0.323 e. The van der Waals surface area contributed by atoms with E-state index in [-0.39, 0.29) is 13.1 Å². The first-order valence-electron chi connectivity index (χ1n) is 7.09. The van der Waals surface area contributed by atoms with E-state index >= 15 is 0 Å². The summed E-state index contributed by atoms with van der Waals surface area (Å²) in [6, 6.07) is 12.6. The van der Waals surface area contributed by atoms with Crippen LogP contribution in [0.5, 0.6) is 0 Å². The predicted molar refractivity (Wildman–Crippen MR) is 101 cm³/mol. The van der Waals surface area contributed by atoms with Crippen molar-refractivity contribution < 1.29 is 9.90 Å².